The SMILES string of the molecule is Cc1ccc(OCCN(CCCCc2ccc3c(n2)NCCC3)CC[C@H](Nc2cccnc2)C(=O)O)cn1. The molecule has 1 atom stereocenters. The van der Waals surface area contributed by atoms with Gasteiger partial charge in [0.05, 0.1) is 11.9 Å². The van der Waals surface area contributed by atoms with Crippen LogP contribution in [0.2, 0.25) is 0 Å². The highest BCUT2D eigenvalue weighted by atomic mass is 16.5. The lowest BCUT2D eigenvalue weighted by atomic mass is 10.1. The molecule has 4 heterocycles. The van der Waals surface area contributed by atoms with Gasteiger partial charge in [0.15, 0.2) is 0 Å². The number of unbranched alkanes of at least 4 members (excludes halogenated alkanes) is 1. The molecule has 0 radical (unpaired) electrons. The largest absolute Gasteiger partial charge is 0.491 e. The number of carbonyl (C=O) groups is 1. The Hall–Kier alpha value is -3.72. The number of anilines is 2. The molecular formula is C29H38N6O3. The number of nitrogens with zero attached hydrogens (tertiary/aromatic N) is 4. The Balaban J connectivity index is 1.29. The van der Waals surface area contributed by atoms with E-state index >= 15 is 0 Å². The second-order valence-electron chi connectivity index (χ2n) is 9.69. The van der Waals surface area contributed by atoms with Crippen molar-refractivity contribution in [1.29, 1.82) is 0 Å². The van der Waals surface area contributed by atoms with E-state index in [9.17, 15) is 9.90 Å². The summed E-state index contributed by atoms with van der Waals surface area (Å²) in [5, 5.41) is 16.3. The number of aromatic nitrogens is 3. The summed E-state index contributed by atoms with van der Waals surface area (Å²) >= 11 is 0. The van der Waals surface area contributed by atoms with E-state index in [2.05, 4.69) is 37.6 Å². The van der Waals surface area contributed by atoms with Crippen LogP contribution in [0.15, 0.2) is 55.0 Å². The average Bonchev–Trinajstić information content (AvgIpc) is 2.94. The average molecular weight is 519 g/mol. The van der Waals surface area contributed by atoms with E-state index < -0.39 is 12.0 Å². The molecule has 0 fully saturated rings. The van der Waals surface area contributed by atoms with Crippen LogP contribution in [0.25, 0.3) is 0 Å². The van der Waals surface area contributed by atoms with Crippen LogP contribution in [-0.2, 0) is 17.6 Å². The van der Waals surface area contributed by atoms with E-state index in [0.29, 0.717) is 31.8 Å². The topological polar surface area (TPSA) is 112 Å². The standard InChI is InChI=1S/C29H38N6O3/c1-22-9-12-26(21-32-22)38-19-18-35(17-13-27(29(36)37)33-25-8-5-14-30-20-25)16-3-2-7-24-11-10-23-6-4-15-31-28(23)34-24/h5,8-12,14,20-21,27,33H,2-4,6-7,13,15-19H2,1H3,(H,31,34)(H,36,37)/t27-/m0/s1. The van der Waals surface area contributed by atoms with Crippen LogP contribution in [0.4, 0.5) is 11.5 Å². The van der Waals surface area contributed by atoms with Gasteiger partial charge in [0.2, 0.25) is 0 Å². The van der Waals surface area contributed by atoms with Crippen molar-refractivity contribution in [3.05, 3.63) is 71.9 Å². The second kappa shape index (κ2) is 14.3. The molecule has 0 bridgehead atoms. The maximum absolute atomic E-state index is 11.9. The number of aryl methyl sites for hydroxylation is 3. The Morgan fingerprint density at radius 2 is 2.08 bits per heavy atom. The Bertz CT molecular complexity index is 1140. The molecule has 0 saturated carbocycles. The predicted octanol–water partition coefficient (Wildman–Crippen LogP) is 4.20. The summed E-state index contributed by atoms with van der Waals surface area (Å²) in [6, 6.07) is 11.1. The lowest BCUT2D eigenvalue weighted by Crippen LogP contribution is -2.37. The van der Waals surface area contributed by atoms with E-state index in [1.165, 1.54) is 5.56 Å². The molecule has 0 saturated heterocycles. The van der Waals surface area contributed by atoms with Gasteiger partial charge in [0.25, 0.3) is 0 Å². The highest BCUT2D eigenvalue weighted by Crippen LogP contribution is 2.20. The fourth-order valence-corrected chi connectivity index (χ4v) is 4.54. The van der Waals surface area contributed by atoms with E-state index in [1.54, 1.807) is 24.7 Å². The summed E-state index contributed by atoms with van der Waals surface area (Å²) in [5.74, 6) is 0.908. The Kier molecular flexibility index (Phi) is 10.3. The van der Waals surface area contributed by atoms with Crippen molar-refractivity contribution in [2.75, 3.05) is 43.4 Å². The van der Waals surface area contributed by atoms with E-state index in [1.807, 2.05) is 25.1 Å². The summed E-state index contributed by atoms with van der Waals surface area (Å²) in [7, 11) is 0. The molecule has 4 rings (SSSR count). The lowest BCUT2D eigenvalue weighted by Gasteiger charge is -2.25. The first-order valence-corrected chi connectivity index (χ1v) is 13.5. The highest BCUT2D eigenvalue weighted by Gasteiger charge is 2.19. The van der Waals surface area contributed by atoms with Gasteiger partial charge < -0.3 is 20.5 Å². The Morgan fingerprint density at radius 1 is 1.16 bits per heavy atom. The number of hydrogen-bond donors (Lipinski definition) is 3. The van der Waals surface area contributed by atoms with Gasteiger partial charge in [-0.1, -0.05) is 6.07 Å². The number of carboxylic acid groups (broad SMARTS) is 1. The summed E-state index contributed by atoms with van der Waals surface area (Å²) in [4.78, 5) is 27.4. The molecule has 3 aromatic rings. The summed E-state index contributed by atoms with van der Waals surface area (Å²) < 4.78 is 5.91. The number of fused-ring (bicyclic) bond motifs is 1. The van der Waals surface area contributed by atoms with Crippen LogP contribution in [-0.4, -0.2) is 69.8 Å². The summed E-state index contributed by atoms with van der Waals surface area (Å²) in [6.45, 7) is 5.65. The van der Waals surface area contributed by atoms with Gasteiger partial charge in [0.1, 0.15) is 24.2 Å². The Labute approximate surface area is 224 Å². The lowest BCUT2D eigenvalue weighted by molar-refractivity contribution is -0.138. The van der Waals surface area contributed by atoms with Gasteiger partial charge in [-0.15, -0.1) is 0 Å². The Morgan fingerprint density at radius 3 is 2.87 bits per heavy atom. The minimum atomic E-state index is -0.872. The van der Waals surface area contributed by atoms with Crippen LogP contribution >= 0.6 is 0 Å². The second-order valence-corrected chi connectivity index (χ2v) is 9.69. The zero-order valence-electron chi connectivity index (χ0n) is 22.1. The molecule has 0 amide bonds. The molecule has 3 N–H and O–H groups in total. The third kappa shape index (κ3) is 8.69. The van der Waals surface area contributed by atoms with E-state index in [-0.39, 0.29) is 0 Å². The fourth-order valence-electron chi connectivity index (χ4n) is 4.54. The summed E-state index contributed by atoms with van der Waals surface area (Å²) in [6.07, 6.45) is 10.7. The van der Waals surface area contributed by atoms with Crippen molar-refractivity contribution in [3.8, 4) is 5.75 Å². The number of pyridine rings is 3. The molecule has 0 spiro atoms. The first-order chi connectivity index (χ1) is 18.6. The molecule has 0 aromatic carbocycles. The van der Waals surface area contributed by atoms with Gasteiger partial charge in [-0.2, -0.15) is 0 Å². The van der Waals surface area contributed by atoms with Crippen molar-refractivity contribution in [2.45, 2.75) is 51.5 Å². The first-order valence-electron chi connectivity index (χ1n) is 13.5. The van der Waals surface area contributed by atoms with Crippen LogP contribution in [0.1, 0.15) is 42.6 Å². The maximum Gasteiger partial charge on any atom is 0.326 e. The number of carboxylic acids is 1. The van der Waals surface area contributed by atoms with Gasteiger partial charge in [0, 0.05) is 43.4 Å². The highest BCUT2D eigenvalue weighted by molar-refractivity contribution is 5.77. The van der Waals surface area contributed by atoms with E-state index in [4.69, 9.17) is 9.72 Å². The van der Waals surface area contributed by atoms with Gasteiger partial charge in [-0.3, -0.25) is 14.9 Å². The summed E-state index contributed by atoms with van der Waals surface area (Å²) in [5.41, 5.74) is 4.08. The third-order valence-electron chi connectivity index (χ3n) is 6.70. The molecule has 0 aliphatic carbocycles. The first kappa shape index (κ1) is 27.3. The van der Waals surface area contributed by atoms with Crippen LogP contribution in [0.5, 0.6) is 5.75 Å². The van der Waals surface area contributed by atoms with Crippen LogP contribution in [0.3, 0.4) is 0 Å². The monoisotopic (exact) mass is 518 g/mol. The number of hydrogen-bond acceptors (Lipinski definition) is 8. The minimum absolute atomic E-state index is 0.467. The molecule has 1 aliphatic heterocycles. The number of ether oxygens (including phenoxy) is 1. The van der Waals surface area contributed by atoms with Gasteiger partial charge in [-0.05, 0) is 87.9 Å². The molecule has 1 aliphatic rings. The predicted molar refractivity (Wildman–Crippen MR) is 149 cm³/mol. The van der Waals surface area contributed by atoms with E-state index in [0.717, 1.165) is 68.1 Å². The molecule has 9 nitrogen and oxygen atoms in total. The molecule has 38 heavy (non-hydrogen) atoms. The molecule has 202 valence electrons. The van der Waals surface area contributed by atoms with Crippen molar-refractivity contribution < 1.29 is 14.6 Å². The van der Waals surface area contributed by atoms with Crippen molar-refractivity contribution in [2.24, 2.45) is 0 Å². The van der Waals surface area contributed by atoms with Crippen molar-refractivity contribution >= 4 is 17.5 Å². The molecular weight excluding hydrogens is 480 g/mol. The molecule has 9 heteroatoms. The van der Waals surface area contributed by atoms with Gasteiger partial charge >= 0.3 is 5.97 Å². The number of aliphatic carboxylic acids is 1. The van der Waals surface area contributed by atoms with Crippen molar-refractivity contribution in [3.63, 3.8) is 0 Å². The van der Waals surface area contributed by atoms with Crippen LogP contribution in [0, 0.1) is 6.92 Å². The zero-order valence-corrected chi connectivity index (χ0v) is 22.1. The molecule has 0 unspecified atom stereocenters. The van der Waals surface area contributed by atoms with Gasteiger partial charge in [-0.25, -0.2) is 9.78 Å². The maximum atomic E-state index is 11.9. The smallest absolute Gasteiger partial charge is 0.326 e. The third-order valence-corrected chi connectivity index (χ3v) is 6.70. The normalized spacial score (nSPS) is 13.4. The fraction of sp³-hybridized carbons (Fsp3) is 0.448. The number of rotatable bonds is 15. The molecule has 3 aromatic heterocycles. The quantitative estimate of drug-likeness (QED) is 0.255. The number of nitrogens with one attached hydrogen (secondary N) is 2. The van der Waals surface area contributed by atoms with Crippen LogP contribution < -0.4 is 15.4 Å². The van der Waals surface area contributed by atoms with Crippen molar-refractivity contribution in [1.82, 2.24) is 19.9 Å². The zero-order chi connectivity index (χ0) is 26.6. The minimum Gasteiger partial charge on any atom is -0.491 e.